The second-order valence-corrected chi connectivity index (χ2v) is 11.6. The van der Waals surface area contributed by atoms with Crippen molar-refractivity contribution in [1.82, 2.24) is 13.9 Å². The van der Waals surface area contributed by atoms with Gasteiger partial charge in [0.2, 0.25) is 10.0 Å². The molecule has 0 unspecified atom stereocenters. The van der Waals surface area contributed by atoms with Gasteiger partial charge in [-0.15, -0.1) is 0 Å². The Balaban J connectivity index is 1.36. The van der Waals surface area contributed by atoms with E-state index in [1.807, 2.05) is 36.6 Å². The van der Waals surface area contributed by atoms with E-state index in [0.717, 1.165) is 46.9 Å². The van der Waals surface area contributed by atoms with Gasteiger partial charge >= 0.3 is 0 Å². The smallest absolute Gasteiger partial charge is 0.243 e. The minimum Gasteiger partial charge on any atom is -0.491 e. The minimum absolute atomic E-state index is 0.0283. The van der Waals surface area contributed by atoms with E-state index in [1.165, 1.54) is 0 Å². The molecule has 4 aromatic rings. The highest BCUT2D eigenvalue weighted by Crippen LogP contribution is 2.37. The third-order valence-electron chi connectivity index (χ3n) is 6.87. The van der Waals surface area contributed by atoms with Crippen LogP contribution >= 0.6 is 0 Å². The zero-order valence-corrected chi connectivity index (χ0v) is 21.9. The molecule has 1 aliphatic rings. The summed E-state index contributed by atoms with van der Waals surface area (Å²) in [6.07, 6.45) is 6.20. The lowest BCUT2D eigenvalue weighted by molar-refractivity contribution is -0.108. The quantitative estimate of drug-likeness (QED) is 0.298. The van der Waals surface area contributed by atoms with E-state index >= 15 is 0 Å². The third kappa shape index (κ3) is 5.17. The van der Waals surface area contributed by atoms with E-state index in [4.69, 9.17) is 4.74 Å². The van der Waals surface area contributed by atoms with E-state index in [0.29, 0.717) is 18.8 Å². The molecule has 0 atom stereocenters. The Morgan fingerprint density at radius 1 is 1.05 bits per heavy atom. The average molecular weight is 518 g/mol. The number of carbonyl (C=O) groups is 1. The summed E-state index contributed by atoms with van der Waals surface area (Å²) >= 11 is 0. The standard InChI is InChI=1S/C29H31N3O4S/c1-21(2)36-24-7-9-25(10-8-24)37(34,35)32-15-12-22(13-16-32)27-20-31(17-18-33)29-19-23(6-11-26(27)29)28-5-3-4-14-30-28/h3-11,14,18-22H,12-13,15-17H2,1-2H3. The van der Waals surface area contributed by atoms with E-state index < -0.39 is 10.0 Å². The number of pyridine rings is 1. The van der Waals surface area contributed by atoms with Crippen LogP contribution in [0.25, 0.3) is 22.2 Å². The van der Waals surface area contributed by atoms with Crippen molar-refractivity contribution in [3.63, 3.8) is 0 Å². The number of ether oxygens (including phenoxy) is 1. The van der Waals surface area contributed by atoms with Gasteiger partial charge in [-0.3, -0.25) is 4.98 Å². The molecule has 8 heteroatoms. The van der Waals surface area contributed by atoms with Crippen molar-refractivity contribution in [3.8, 4) is 17.0 Å². The van der Waals surface area contributed by atoms with Crippen LogP contribution in [-0.2, 0) is 21.4 Å². The van der Waals surface area contributed by atoms with Gasteiger partial charge < -0.3 is 14.1 Å². The monoisotopic (exact) mass is 517 g/mol. The van der Waals surface area contributed by atoms with Crippen molar-refractivity contribution in [1.29, 1.82) is 0 Å². The number of fused-ring (bicyclic) bond motifs is 1. The molecule has 0 radical (unpaired) electrons. The van der Waals surface area contributed by atoms with Gasteiger partial charge in [0, 0.05) is 41.9 Å². The zero-order valence-electron chi connectivity index (χ0n) is 21.1. The summed E-state index contributed by atoms with van der Waals surface area (Å²) in [6, 6.07) is 18.7. The van der Waals surface area contributed by atoms with E-state index in [2.05, 4.69) is 29.4 Å². The van der Waals surface area contributed by atoms with Crippen molar-refractivity contribution in [2.24, 2.45) is 0 Å². The number of piperidine rings is 1. The van der Waals surface area contributed by atoms with Gasteiger partial charge in [0.05, 0.1) is 23.2 Å². The molecule has 37 heavy (non-hydrogen) atoms. The van der Waals surface area contributed by atoms with E-state index in [-0.39, 0.29) is 23.5 Å². The maximum Gasteiger partial charge on any atom is 0.243 e. The number of rotatable bonds is 8. The number of nitrogens with zero attached hydrogens (tertiary/aromatic N) is 3. The molecular formula is C29H31N3O4S. The first-order valence-electron chi connectivity index (χ1n) is 12.6. The van der Waals surface area contributed by atoms with Gasteiger partial charge in [0.25, 0.3) is 0 Å². The summed E-state index contributed by atoms with van der Waals surface area (Å²) < 4.78 is 35.7. The molecule has 0 amide bonds. The lowest BCUT2D eigenvalue weighted by Crippen LogP contribution is -2.37. The van der Waals surface area contributed by atoms with Gasteiger partial charge in [0.1, 0.15) is 12.0 Å². The molecule has 5 rings (SSSR count). The topological polar surface area (TPSA) is 81.5 Å². The van der Waals surface area contributed by atoms with Crippen LogP contribution in [0.15, 0.2) is 78.0 Å². The average Bonchev–Trinajstić information content (AvgIpc) is 3.27. The number of hydrogen-bond donors (Lipinski definition) is 0. The van der Waals surface area contributed by atoms with Crippen LogP contribution in [0.4, 0.5) is 0 Å². The van der Waals surface area contributed by atoms with Crippen molar-refractivity contribution in [2.75, 3.05) is 13.1 Å². The molecule has 0 N–H and O–H groups in total. The molecule has 1 saturated heterocycles. The molecular weight excluding hydrogens is 486 g/mol. The third-order valence-corrected chi connectivity index (χ3v) is 8.78. The van der Waals surface area contributed by atoms with E-state index in [1.54, 1.807) is 34.8 Å². The molecule has 7 nitrogen and oxygen atoms in total. The highest BCUT2D eigenvalue weighted by Gasteiger charge is 2.31. The fraction of sp³-hybridized carbons (Fsp3) is 0.310. The largest absolute Gasteiger partial charge is 0.491 e. The van der Waals surface area contributed by atoms with Crippen LogP contribution in [0.3, 0.4) is 0 Å². The Labute approximate surface area is 217 Å². The lowest BCUT2D eigenvalue weighted by Gasteiger charge is -2.31. The van der Waals surface area contributed by atoms with Crippen LogP contribution in [0, 0.1) is 0 Å². The molecule has 2 aromatic carbocycles. The fourth-order valence-electron chi connectivity index (χ4n) is 5.09. The Kier molecular flexibility index (Phi) is 7.13. The molecule has 0 aliphatic carbocycles. The summed E-state index contributed by atoms with van der Waals surface area (Å²) in [7, 11) is -3.58. The summed E-state index contributed by atoms with van der Waals surface area (Å²) in [4.78, 5) is 16.1. The minimum atomic E-state index is -3.58. The molecule has 2 aromatic heterocycles. The predicted octanol–water partition coefficient (Wildman–Crippen LogP) is 5.26. The molecule has 1 aliphatic heterocycles. The molecule has 3 heterocycles. The number of benzene rings is 2. The SMILES string of the molecule is CC(C)Oc1ccc(S(=O)(=O)N2CCC(c3cn(CC=O)c4cc(-c5ccccn5)ccc34)CC2)cc1. The second-order valence-electron chi connectivity index (χ2n) is 9.67. The van der Waals surface area contributed by atoms with E-state index in [9.17, 15) is 13.2 Å². The molecule has 192 valence electrons. The summed E-state index contributed by atoms with van der Waals surface area (Å²) in [5.41, 5.74) is 4.03. The van der Waals surface area contributed by atoms with Crippen molar-refractivity contribution in [3.05, 3.63) is 78.6 Å². The predicted molar refractivity (Wildman–Crippen MR) is 144 cm³/mol. The maximum atomic E-state index is 13.3. The first kappa shape index (κ1) is 25.2. The first-order valence-corrected chi connectivity index (χ1v) is 14.1. The summed E-state index contributed by atoms with van der Waals surface area (Å²) in [6.45, 7) is 5.04. The van der Waals surface area contributed by atoms with Crippen LogP contribution in [0.2, 0.25) is 0 Å². The van der Waals surface area contributed by atoms with Gasteiger partial charge in [-0.2, -0.15) is 4.31 Å². The number of carbonyl (C=O) groups excluding carboxylic acids is 1. The van der Waals surface area contributed by atoms with Gasteiger partial charge in [-0.05, 0) is 80.6 Å². The number of aromatic nitrogens is 2. The Bertz CT molecular complexity index is 1490. The second kappa shape index (κ2) is 10.5. The van der Waals surface area contributed by atoms with Crippen molar-refractivity contribution >= 4 is 27.2 Å². The Hall–Kier alpha value is -3.49. The highest BCUT2D eigenvalue weighted by atomic mass is 32.2. The van der Waals surface area contributed by atoms with Gasteiger partial charge in [0.15, 0.2) is 0 Å². The number of sulfonamides is 1. The van der Waals surface area contributed by atoms with Crippen molar-refractivity contribution < 1.29 is 17.9 Å². The lowest BCUT2D eigenvalue weighted by atomic mass is 9.90. The fourth-order valence-corrected chi connectivity index (χ4v) is 6.56. The summed E-state index contributed by atoms with van der Waals surface area (Å²) in [5.74, 6) is 0.870. The van der Waals surface area contributed by atoms with Crippen LogP contribution in [0.5, 0.6) is 5.75 Å². The first-order chi connectivity index (χ1) is 17.9. The number of hydrogen-bond acceptors (Lipinski definition) is 5. The zero-order chi connectivity index (χ0) is 26.0. The molecule has 0 bridgehead atoms. The normalized spacial score (nSPS) is 15.3. The highest BCUT2D eigenvalue weighted by molar-refractivity contribution is 7.89. The molecule has 1 fully saturated rings. The maximum absolute atomic E-state index is 13.3. The van der Waals surface area contributed by atoms with Crippen molar-refractivity contribution in [2.45, 2.75) is 50.2 Å². The van der Waals surface area contributed by atoms with Crippen LogP contribution in [0.1, 0.15) is 38.2 Å². The Morgan fingerprint density at radius 2 is 1.81 bits per heavy atom. The van der Waals surface area contributed by atoms with Gasteiger partial charge in [-0.1, -0.05) is 18.2 Å². The summed E-state index contributed by atoms with van der Waals surface area (Å²) in [5, 5.41) is 1.10. The Morgan fingerprint density at radius 3 is 2.46 bits per heavy atom. The van der Waals surface area contributed by atoms with Crippen LogP contribution in [-0.4, -0.2) is 47.8 Å². The van der Waals surface area contributed by atoms with Gasteiger partial charge in [-0.25, -0.2) is 8.42 Å². The number of aldehydes is 1. The molecule has 0 spiro atoms. The molecule has 0 saturated carbocycles. The van der Waals surface area contributed by atoms with Crippen LogP contribution < -0.4 is 4.74 Å².